The molecule has 0 aliphatic carbocycles. The van der Waals surface area contributed by atoms with Crippen molar-refractivity contribution in [3.63, 3.8) is 0 Å². The summed E-state index contributed by atoms with van der Waals surface area (Å²) in [6, 6.07) is 1.86. The summed E-state index contributed by atoms with van der Waals surface area (Å²) in [6.45, 7) is 6.21. The number of aromatic amines is 1. The maximum Gasteiger partial charge on any atom is 0.348 e. The van der Waals surface area contributed by atoms with Crippen LogP contribution in [0.15, 0.2) is 17.2 Å². The van der Waals surface area contributed by atoms with E-state index in [0.29, 0.717) is 11.6 Å². The van der Waals surface area contributed by atoms with E-state index in [4.69, 9.17) is 0 Å². The summed E-state index contributed by atoms with van der Waals surface area (Å²) in [4.78, 5) is 18.1. The van der Waals surface area contributed by atoms with Gasteiger partial charge in [-0.3, -0.25) is 0 Å². The number of anilines is 1. The zero-order chi connectivity index (χ0) is 13.9. The van der Waals surface area contributed by atoms with Crippen LogP contribution in [0.1, 0.15) is 19.8 Å². The summed E-state index contributed by atoms with van der Waals surface area (Å²) in [5.41, 5.74) is 0.360. The number of H-pyrrole nitrogens is 1. The smallest absolute Gasteiger partial charge is 0.348 e. The Morgan fingerprint density at radius 1 is 1.55 bits per heavy atom. The minimum absolute atomic E-state index is 0.251. The molecule has 20 heavy (non-hydrogen) atoms. The van der Waals surface area contributed by atoms with Gasteiger partial charge in [0, 0.05) is 19.2 Å². The number of rotatable bonds is 4. The molecule has 2 aromatic heterocycles. The van der Waals surface area contributed by atoms with Crippen molar-refractivity contribution in [1.82, 2.24) is 24.9 Å². The molecule has 7 nitrogen and oxygen atoms in total. The molecule has 1 aliphatic rings. The highest BCUT2D eigenvalue weighted by atomic mass is 16.1. The standard InChI is InChI=1S/C13H20N6O/c1-2-18(8-10-4-3-5-14-7-10)11-6-12-16-17-13(20)19(12)9-15-11/h6,9-10,14H,2-5,7-8H2,1H3,(H,17,20). The second kappa shape index (κ2) is 5.62. The minimum Gasteiger partial charge on any atom is -0.356 e. The van der Waals surface area contributed by atoms with Crippen molar-refractivity contribution in [2.45, 2.75) is 19.8 Å². The van der Waals surface area contributed by atoms with Crippen molar-refractivity contribution in [1.29, 1.82) is 0 Å². The first-order valence-corrected chi connectivity index (χ1v) is 7.16. The van der Waals surface area contributed by atoms with Crippen molar-refractivity contribution in [2.24, 2.45) is 5.92 Å². The van der Waals surface area contributed by atoms with Crippen molar-refractivity contribution in [3.8, 4) is 0 Å². The van der Waals surface area contributed by atoms with Gasteiger partial charge in [0.1, 0.15) is 12.1 Å². The van der Waals surface area contributed by atoms with Crippen LogP contribution >= 0.6 is 0 Å². The highest BCUT2D eigenvalue weighted by Gasteiger charge is 2.17. The van der Waals surface area contributed by atoms with Crippen LogP contribution in [0.2, 0.25) is 0 Å². The number of nitrogens with one attached hydrogen (secondary N) is 2. The molecule has 1 fully saturated rings. The third kappa shape index (κ3) is 2.53. The van der Waals surface area contributed by atoms with E-state index in [1.807, 2.05) is 6.07 Å². The van der Waals surface area contributed by atoms with Crippen LogP contribution in [-0.4, -0.2) is 45.8 Å². The van der Waals surface area contributed by atoms with Crippen molar-refractivity contribution < 1.29 is 0 Å². The Labute approximate surface area is 117 Å². The van der Waals surface area contributed by atoms with Gasteiger partial charge in [-0.2, -0.15) is 5.10 Å². The molecule has 1 atom stereocenters. The quantitative estimate of drug-likeness (QED) is 0.836. The van der Waals surface area contributed by atoms with Gasteiger partial charge in [-0.05, 0) is 38.8 Å². The fraction of sp³-hybridized carbons (Fsp3) is 0.615. The molecule has 3 rings (SSSR count). The molecule has 0 amide bonds. The molecule has 3 heterocycles. The van der Waals surface area contributed by atoms with Gasteiger partial charge in [-0.1, -0.05) is 0 Å². The fourth-order valence-electron chi connectivity index (χ4n) is 2.75. The van der Waals surface area contributed by atoms with Crippen molar-refractivity contribution in [3.05, 3.63) is 22.9 Å². The topological polar surface area (TPSA) is 78.3 Å². The van der Waals surface area contributed by atoms with Gasteiger partial charge < -0.3 is 10.2 Å². The lowest BCUT2D eigenvalue weighted by Crippen LogP contribution is -2.38. The van der Waals surface area contributed by atoms with Gasteiger partial charge in [-0.15, -0.1) is 0 Å². The van der Waals surface area contributed by atoms with E-state index in [2.05, 4.69) is 32.3 Å². The number of piperidine rings is 1. The van der Waals surface area contributed by atoms with E-state index >= 15 is 0 Å². The Hall–Kier alpha value is -1.89. The number of hydrogen-bond donors (Lipinski definition) is 2. The molecule has 7 heteroatoms. The van der Waals surface area contributed by atoms with Crippen LogP contribution < -0.4 is 15.9 Å². The highest BCUT2D eigenvalue weighted by molar-refractivity contribution is 5.50. The lowest BCUT2D eigenvalue weighted by molar-refractivity contribution is 0.377. The maximum absolute atomic E-state index is 11.4. The molecule has 1 saturated heterocycles. The van der Waals surface area contributed by atoms with Crippen LogP contribution in [0.5, 0.6) is 0 Å². The van der Waals surface area contributed by atoms with Crippen LogP contribution in [0.4, 0.5) is 5.82 Å². The lowest BCUT2D eigenvalue weighted by atomic mass is 9.99. The Bertz CT molecular complexity index is 627. The zero-order valence-corrected chi connectivity index (χ0v) is 11.7. The number of fused-ring (bicyclic) bond motifs is 1. The molecule has 0 saturated carbocycles. The van der Waals surface area contributed by atoms with Crippen molar-refractivity contribution in [2.75, 3.05) is 31.1 Å². The molecule has 2 aromatic rings. The van der Waals surface area contributed by atoms with Crippen LogP contribution in [-0.2, 0) is 0 Å². The van der Waals surface area contributed by atoms with Gasteiger partial charge in [0.15, 0.2) is 5.65 Å². The molecule has 0 radical (unpaired) electrons. The molecule has 0 spiro atoms. The van der Waals surface area contributed by atoms with Gasteiger partial charge >= 0.3 is 5.69 Å². The van der Waals surface area contributed by atoms with E-state index < -0.39 is 0 Å². The molecule has 1 unspecified atom stereocenters. The van der Waals surface area contributed by atoms with E-state index in [9.17, 15) is 4.79 Å². The van der Waals surface area contributed by atoms with Crippen LogP contribution in [0.3, 0.4) is 0 Å². The van der Waals surface area contributed by atoms with Gasteiger partial charge in [-0.25, -0.2) is 19.3 Å². The van der Waals surface area contributed by atoms with E-state index in [-0.39, 0.29) is 5.69 Å². The lowest BCUT2D eigenvalue weighted by Gasteiger charge is -2.30. The first kappa shape index (κ1) is 13.1. The van der Waals surface area contributed by atoms with E-state index in [1.54, 1.807) is 0 Å². The molecular weight excluding hydrogens is 256 g/mol. The van der Waals surface area contributed by atoms with Crippen molar-refractivity contribution >= 4 is 11.5 Å². The summed E-state index contributed by atoms with van der Waals surface area (Å²) in [7, 11) is 0. The first-order chi connectivity index (χ1) is 9.78. The molecule has 1 aliphatic heterocycles. The van der Waals surface area contributed by atoms with E-state index in [0.717, 1.165) is 32.0 Å². The summed E-state index contributed by atoms with van der Waals surface area (Å²) < 4.78 is 1.42. The van der Waals surface area contributed by atoms with Crippen LogP contribution in [0, 0.1) is 5.92 Å². The Balaban J connectivity index is 1.80. The second-order valence-corrected chi connectivity index (χ2v) is 5.26. The number of aromatic nitrogens is 4. The average molecular weight is 276 g/mol. The van der Waals surface area contributed by atoms with E-state index in [1.165, 1.54) is 23.6 Å². The normalized spacial score (nSPS) is 19.4. The third-order valence-corrected chi connectivity index (χ3v) is 3.88. The largest absolute Gasteiger partial charge is 0.356 e. The third-order valence-electron chi connectivity index (χ3n) is 3.88. The predicted molar refractivity (Wildman–Crippen MR) is 77.1 cm³/mol. The Morgan fingerprint density at radius 2 is 2.45 bits per heavy atom. The summed E-state index contributed by atoms with van der Waals surface area (Å²) in [6.07, 6.45) is 4.04. The molecule has 2 N–H and O–H groups in total. The number of nitrogens with zero attached hydrogens (tertiary/aromatic N) is 4. The molecule has 0 bridgehead atoms. The average Bonchev–Trinajstić information content (AvgIpc) is 2.87. The fourth-order valence-corrected chi connectivity index (χ4v) is 2.75. The molecule has 0 aromatic carbocycles. The summed E-state index contributed by atoms with van der Waals surface area (Å²) in [5, 5.41) is 9.86. The number of hydrogen-bond acceptors (Lipinski definition) is 5. The highest BCUT2D eigenvalue weighted by Crippen LogP contribution is 2.17. The zero-order valence-electron chi connectivity index (χ0n) is 11.7. The van der Waals surface area contributed by atoms with Gasteiger partial charge in [0.25, 0.3) is 0 Å². The van der Waals surface area contributed by atoms with Gasteiger partial charge in [0.2, 0.25) is 0 Å². The second-order valence-electron chi connectivity index (χ2n) is 5.26. The maximum atomic E-state index is 11.4. The first-order valence-electron chi connectivity index (χ1n) is 7.16. The van der Waals surface area contributed by atoms with Gasteiger partial charge in [0.05, 0.1) is 0 Å². The molecular formula is C13H20N6O. The Kier molecular flexibility index (Phi) is 3.68. The monoisotopic (exact) mass is 276 g/mol. The Morgan fingerprint density at radius 3 is 3.20 bits per heavy atom. The summed E-state index contributed by atoms with van der Waals surface area (Å²) >= 11 is 0. The molecule has 108 valence electrons. The summed E-state index contributed by atoms with van der Waals surface area (Å²) in [5.74, 6) is 1.53. The SMILES string of the molecule is CCN(CC1CCCNC1)c1cc2n[nH]c(=O)n2cn1. The van der Waals surface area contributed by atoms with Crippen LogP contribution in [0.25, 0.3) is 5.65 Å². The minimum atomic E-state index is -0.251. The predicted octanol–water partition coefficient (Wildman–Crippen LogP) is 0.244.